The molecule has 0 amide bonds. The van der Waals surface area contributed by atoms with Crippen molar-refractivity contribution in [1.82, 2.24) is 9.97 Å². The highest BCUT2D eigenvalue weighted by Gasteiger charge is 2.12. The molecule has 96 valence electrons. The lowest BCUT2D eigenvalue weighted by Crippen LogP contribution is -2.28. The van der Waals surface area contributed by atoms with Crippen LogP contribution < -0.4 is 4.90 Å². The Kier molecular flexibility index (Phi) is 5.06. The van der Waals surface area contributed by atoms with E-state index in [9.17, 15) is 4.79 Å². The molecule has 0 aliphatic heterocycles. The summed E-state index contributed by atoms with van der Waals surface area (Å²) < 4.78 is 4.55. The van der Waals surface area contributed by atoms with Gasteiger partial charge in [0.1, 0.15) is 5.82 Å². The van der Waals surface area contributed by atoms with Crippen LogP contribution in [0, 0.1) is 17.2 Å². The third kappa shape index (κ3) is 3.42. The van der Waals surface area contributed by atoms with Crippen LogP contribution in [0.4, 0.5) is 5.82 Å². The van der Waals surface area contributed by atoms with Crippen LogP contribution in [0.15, 0.2) is 12.4 Å². The van der Waals surface area contributed by atoms with E-state index in [0.29, 0.717) is 12.4 Å². The summed E-state index contributed by atoms with van der Waals surface area (Å²) in [4.78, 5) is 21.3. The first-order valence-corrected chi connectivity index (χ1v) is 5.67. The van der Waals surface area contributed by atoms with Gasteiger partial charge >= 0.3 is 5.97 Å². The maximum absolute atomic E-state index is 11.2. The first-order valence-electron chi connectivity index (χ1n) is 5.67. The van der Waals surface area contributed by atoms with Crippen molar-refractivity contribution in [3.8, 4) is 6.07 Å². The second-order valence-corrected chi connectivity index (χ2v) is 3.82. The maximum atomic E-state index is 11.2. The molecule has 0 N–H and O–H groups in total. The van der Waals surface area contributed by atoms with Crippen LogP contribution in [0.3, 0.4) is 0 Å². The molecule has 0 aliphatic carbocycles. The Bertz CT molecular complexity index is 438. The molecule has 1 heterocycles. The number of hydrogen-bond donors (Lipinski definition) is 0. The fourth-order valence-electron chi connectivity index (χ4n) is 1.45. The number of ether oxygens (including phenoxy) is 1. The smallest absolute Gasteiger partial charge is 0.358 e. The number of anilines is 1. The van der Waals surface area contributed by atoms with E-state index in [2.05, 4.69) is 20.8 Å². The summed E-state index contributed by atoms with van der Waals surface area (Å²) in [7, 11) is 1.30. The minimum Gasteiger partial charge on any atom is -0.464 e. The largest absolute Gasteiger partial charge is 0.464 e. The normalized spacial score (nSPS) is 11.4. The highest BCUT2D eigenvalue weighted by Crippen LogP contribution is 2.11. The summed E-state index contributed by atoms with van der Waals surface area (Å²) in [6.07, 6.45) is 2.89. The van der Waals surface area contributed by atoms with Crippen molar-refractivity contribution >= 4 is 11.8 Å². The summed E-state index contributed by atoms with van der Waals surface area (Å²) in [5, 5.41) is 8.80. The number of aromatic nitrogens is 2. The number of nitrogens with zero attached hydrogens (tertiary/aromatic N) is 4. The topological polar surface area (TPSA) is 79.1 Å². The van der Waals surface area contributed by atoms with Gasteiger partial charge in [-0.3, -0.25) is 0 Å². The van der Waals surface area contributed by atoms with E-state index >= 15 is 0 Å². The van der Waals surface area contributed by atoms with Gasteiger partial charge in [-0.05, 0) is 13.8 Å². The molecule has 0 bridgehead atoms. The summed E-state index contributed by atoms with van der Waals surface area (Å²) in [5.74, 6) is 0.0433. The molecule has 0 fully saturated rings. The Morgan fingerprint density at radius 3 is 2.72 bits per heavy atom. The molecule has 6 nitrogen and oxygen atoms in total. The lowest BCUT2D eigenvalue weighted by Gasteiger charge is -2.22. The number of carbonyl (C=O) groups is 1. The van der Waals surface area contributed by atoms with Gasteiger partial charge in [0, 0.05) is 13.1 Å². The van der Waals surface area contributed by atoms with Gasteiger partial charge in [-0.25, -0.2) is 14.8 Å². The van der Waals surface area contributed by atoms with Crippen LogP contribution in [-0.2, 0) is 4.74 Å². The van der Waals surface area contributed by atoms with Gasteiger partial charge in [-0.2, -0.15) is 5.26 Å². The van der Waals surface area contributed by atoms with E-state index in [1.54, 1.807) is 0 Å². The fraction of sp³-hybridized carbons (Fsp3) is 0.500. The Balaban J connectivity index is 2.82. The molecule has 1 atom stereocenters. The number of carbonyl (C=O) groups excluding carboxylic acids is 1. The predicted molar refractivity (Wildman–Crippen MR) is 66.0 cm³/mol. The number of rotatable bonds is 5. The fourth-order valence-corrected chi connectivity index (χ4v) is 1.45. The summed E-state index contributed by atoms with van der Waals surface area (Å²) in [6.45, 7) is 5.12. The summed E-state index contributed by atoms with van der Waals surface area (Å²) in [6, 6.07) is 2.17. The molecule has 0 aliphatic rings. The number of nitriles is 1. The molecule has 0 radical (unpaired) electrons. The summed E-state index contributed by atoms with van der Waals surface area (Å²) >= 11 is 0. The summed E-state index contributed by atoms with van der Waals surface area (Å²) in [5.41, 5.74) is 0.172. The highest BCUT2D eigenvalue weighted by molar-refractivity contribution is 5.86. The number of esters is 1. The quantitative estimate of drug-likeness (QED) is 0.730. The standard InChI is InChI=1S/C12H16N4O2/c1-4-16(8-9(2)5-13)11-7-14-10(6-15-11)12(17)18-3/h6-7,9H,4,8H2,1-3H3. The monoisotopic (exact) mass is 248 g/mol. The van der Waals surface area contributed by atoms with Crippen molar-refractivity contribution in [2.75, 3.05) is 25.1 Å². The van der Waals surface area contributed by atoms with Gasteiger partial charge in [-0.15, -0.1) is 0 Å². The second-order valence-electron chi connectivity index (χ2n) is 3.82. The average molecular weight is 248 g/mol. The zero-order valence-corrected chi connectivity index (χ0v) is 10.8. The Morgan fingerprint density at radius 2 is 2.28 bits per heavy atom. The zero-order valence-electron chi connectivity index (χ0n) is 10.8. The van der Waals surface area contributed by atoms with Crippen molar-refractivity contribution in [3.05, 3.63) is 18.1 Å². The van der Waals surface area contributed by atoms with Gasteiger partial charge in [0.15, 0.2) is 5.69 Å². The van der Waals surface area contributed by atoms with E-state index in [1.165, 1.54) is 19.5 Å². The molecular weight excluding hydrogens is 232 g/mol. The van der Waals surface area contributed by atoms with Crippen molar-refractivity contribution in [2.24, 2.45) is 5.92 Å². The van der Waals surface area contributed by atoms with E-state index in [0.717, 1.165) is 6.54 Å². The minimum absolute atomic E-state index is 0.0907. The van der Waals surface area contributed by atoms with Gasteiger partial charge in [0.2, 0.25) is 0 Å². The Hall–Kier alpha value is -2.16. The van der Waals surface area contributed by atoms with Gasteiger partial charge in [0.25, 0.3) is 0 Å². The number of methoxy groups -OCH3 is 1. The van der Waals surface area contributed by atoms with Crippen molar-refractivity contribution in [3.63, 3.8) is 0 Å². The lowest BCUT2D eigenvalue weighted by molar-refractivity contribution is 0.0593. The molecule has 1 rings (SSSR count). The van der Waals surface area contributed by atoms with Crippen molar-refractivity contribution in [1.29, 1.82) is 5.26 Å². The average Bonchev–Trinajstić information content (AvgIpc) is 2.43. The molecule has 1 aromatic heterocycles. The third-order valence-electron chi connectivity index (χ3n) is 2.45. The van der Waals surface area contributed by atoms with Crippen LogP contribution >= 0.6 is 0 Å². The van der Waals surface area contributed by atoms with Gasteiger partial charge in [0.05, 0.1) is 31.5 Å². The minimum atomic E-state index is -0.512. The van der Waals surface area contributed by atoms with Crippen LogP contribution in [-0.4, -0.2) is 36.1 Å². The molecule has 0 spiro atoms. The SMILES string of the molecule is CCN(CC(C)C#N)c1cnc(C(=O)OC)cn1. The van der Waals surface area contributed by atoms with E-state index in [-0.39, 0.29) is 11.6 Å². The molecule has 18 heavy (non-hydrogen) atoms. The van der Waals surface area contributed by atoms with E-state index in [1.807, 2.05) is 18.7 Å². The molecule has 1 aromatic rings. The molecule has 0 saturated heterocycles. The molecule has 0 aromatic carbocycles. The van der Waals surface area contributed by atoms with E-state index in [4.69, 9.17) is 5.26 Å². The van der Waals surface area contributed by atoms with Gasteiger partial charge in [-0.1, -0.05) is 0 Å². The van der Waals surface area contributed by atoms with Crippen LogP contribution in [0.2, 0.25) is 0 Å². The molecule has 6 heteroatoms. The third-order valence-corrected chi connectivity index (χ3v) is 2.45. The lowest BCUT2D eigenvalue weighted by atomic mass is 10.2. The van der Waals surface area contributed by atoms with Crippen molar-refractivity contribution in [2.45, 2.75) is 13.8 Å². The maximum Gasteiger partial charge on any atom is 0.358 e. The van der Waals surface area contributed by atoms with Crippen molar-refractivity contribution < 1.29 is 9.53 Å². The van der Waals surface area contributed by atoms with E-state index < -0.39 is 5.97 Å². The van der Waals surface area contributed by atoms with Crippen LogP contribution in [0.25, 0.3) is 0 Å². The molecule has 1 unspecified atom stereocenters. The van der Waals surface area contributed by atoms with Crippen LogP contribution in [0.5, 0.6) is 0 Å². The Morgan fingerprint density at radius 1 is 1.56 bits per heavy atom. The Labute approximate surface area is 106 Å². The van der Waals surface area contributed by atoms with Gasteiger partial charge < -0.3 is 9.64 Å². The first-order chi connectivity index (χ1) is 8.62. The van der Waals surface area contributed by atoms with Crippen LogP contribution in [0.1, 0.15) is 24.3 Å². The second kappa shape index (κ2) is 6.55. The first kappa shape index (κ1) is 13.9. The highest BCUT2D eigenvalue weighted by atomic mass is 16.5. The number of hydrogen-bond acceptors (Lipinski definition) is 6. The predicted octanol–water partition coefficient (Wildman–Crippen LogP) is 1.25. The zero-order chi connectivity index (χ0) is 13.5. The molecular formula is C12H16N4O2. The molecule has 0 saturated carbocycles.